The van der Waals surface area contributed by atoms with Gasteiger partial charge in [0.05, 0.1) is 18.0 Å². The second kappa shape index (κ2) is 7.13. The number of hydrogen-bond donors (Lipinski definition) is 2. The second-order valence-corrected chi connectivity index (χ2v) is 9.73. The smallest absolute Gasteiger partial charge is 0.252 e. The molecule has 1 aliphatic heterocycles. The average molecular weight is 403 g/mol. The van der Waals surface area contributed by atoms with Gasteiger partial charge >= 0.3 is 0 Å². The molecule has 150 valence electrons. The molecule has 3 rings (SSSR count). The van der Waals surface area contributed by atoms with Crippen LogP contribution in [0.5, 0.6) is 5.75 Å². The summed E-state index contributed by atoms with van der Waals surface area (Å²) in [6, 6.07) is 10.8. The van der Waals surface area contributed by atoms with Crippen LogP contribution in [0.4, 0.5) is 5.69 Å². The van der Waals surface area contributed by atoms with Gasteiger partial charge in [0.15, 0.2) is 0 Å². The predicted octanol–water partition coefficient (Wildman–Crippen LogP) is 3.71. The Morgan fingerprint density at radius 2 is 1.89 bits per heavy atom. The van der Waals surface area contributed by atoms with E-state index < -0.39 is 15.6 Å². The van der Waals surface area contributed by atoms with Gasteiger partial charge in [-0.2, -0.15) is 0 Å². The van der Waals surface area contributed by atoms with Gasteiger partial charge in [0, 0.05) is 17.5 Å². The van der Waals surface area contributed by atoms with Gasteiger partial charge in [-0.25, -0.2) is 8.42 Å². The number of ether oxygens (including phenoxy) is 1. The van der Waals surface area contributed by atoms with E-state index in [2.05, 4.69) is 10.0 Å². The average Bonchev–Trinajstić information content (AvgIpc) is 2.54. The Bertz CT molecular complexity index is 1030. The molecule has 1 heterocycles. The van der Waals surface area contributed by atoms with Crippen molar-refractivity contribution < 1.29 is 17.9 Å². The zero-order valence-corrected chi connectivity index (χ0v) is 17.6. The van der Waals surface area contributed by atoms with E-state index in [9.17, 15) is 13.2 Å². The lowest BCUT2D eigenvalue weighted by atomic mass is 9.89. The Hall–Kier alpha value is -2.54. The third-order valence-corrected chi connectivity index (χ3v) is 5.40. The number of aryl methyl sites for hydroxylation is 1. The van der Waals surface area contributed by atoms with E-state index in [0.717, 1.165) is 23.1 Å². The summed E-state index contributed by atoms with van der Waals surface area (Å²) in [5.74, 6) is 0.537. The molecule has 6 nitrogen and oxygen atoms in total. The van der Waals surface area contributed by atoms with Crippen LogP contribution >= 0.6 is 0 Å². The highest BCUT2D eigenvalue weighted by molar-refractivity contribution is 7.92. The Morgan fingerprint density at radius 1 is 1.18 bits per heavy atom. The number of carbonyl (C=O) groups excluding carboxylic acids is 1. The first-order valence-electron chi connectivity index (χ1n) is 9.13. The van der Waals surface area contributed by atoms with Crippen molar-refractivity contribution in [3.8, 4) is 5.75 Å². The maximum Gasteiger partial charge on any atom is 0.252 e. The van der Waals surface area contributed by atoms with E-state index in [4.69, 9.17) is 4.74 Å². The molecule has 0 saturated carbocycles. The summed E-state index contributed by atoms with van der Waals surface area (Å²) in [6.45, 7) is 7.73. The molecule has 0 aliphatic carbocycles. The summed E-state index contributed by atoms with van der Waals surface area (Å²) in [6.07, 6.45) is 1.72. The standard InChI is InChI=1S/C21H26N2O4S/c1-13-9-10-16-18(12-21(3,4)27-19(16)11-13)22-20(24)15-7-6-8-17(14(15)2)23-28(5,25)26/h6-11,18,23H,12H2,1-5H3,(H,22,24). The zero-order chi connectivity index (χ0) is 20.7. The molecule has 28 heavy (non-hydrogen) atoms. The maximum absolute atomic E-state index is 13.0. The van der Waals surface area contributed by atoms with E-state index in [1.807, 2.05) is 39.0 Å². The van der Waals surface area contributed by atoms with Gasteiger partial charge in [-0.05, 0) is 57.0 Å². The molecule has 0 spiro atoms. The number of amides is 1. The highest BCUT2D eigenvalue weighted by Crippen LogP contribution is 2.40. The van der Waals surface area contributed by atoms with Crippen molar-refractivity contribution >= 4 is 21.6 Å². The van der Waals surface area contributed by atoms with Crippen molar-refractivity contribution in [3.63, 3.8) is 0 Å². The van der Waals surface area contributed by atoms with Crippen molar-refractivity contribution in [3.05, 3.63) is 58.7 Å². The summed E-state index contributed by atoms with van der Waals surface area (Å²) in [5.41, 5.74) is 3.05. The SMILES string of the molecule is Cc1ccc2c(c1)OC(C)(C)CC2NC(=O)c1cccc(NS(C)(=O)=O)c1C. The van der Waals surface area contributed by atoms with E-state index in [0.29, 0.717) is 23.2 Å². The monoisotopic (exact) mass is 402 g/mol. The van der Waals surface area contributed by atoms with Crippen LogP contribution in [0.3, 0.4) is 0 Å². The molecule has 1 aliphatic rings. The third kappa shape index (κ3) is 4.47. The lowest BCUT2D eigenvalue weighted by molar-refractivity contribution is 0.0619. The first-order chi connectivity index (χ1) is 13.0. The predicted molar refractivity (Wildman–Crippen MR) is 110 cm³/mol. The Kier molecular flexibility index (Phi) is 5.14. The quantitative estimate of drug-likeness (QED) is 0.817. The van der Waals surface area contributed by atoms with Crippen LogP contribution in [0, 0.1) is 13.8 Å². The van der Waals surface area contributed by atoms with Crippen LogP contribution in [0.2, 0.25) is 0 Å². The third-order valence-electron chi connectivity index (χ3n) is 4.81. The summed E-state index contributed by atoms with van der Waals surface area (Å²) >= 11 is 0. The van der Waals surface area contributed by atoms with E-state index >= 15 is 0 Å². The van der Waals surface area contributed by atoms with Crippen LogP contribution in [-0.2, 0) is 10.0 Å². The molecule has 0 saturated heterocycles. The summed E-state index contributed by atoms with van der Waals surface area (Å²) in [7, 11) is -3.43. The molecule has 0 aromatic heterocycles. The fourth-order valence-corrected chi connectivity index (χ4v) is 4.14. The molecular formula is C21H26N2O4S. The normalized spacial score (nSPS) is 18.0. The highest BCUT2D eigenvalue weighted by Gasteiger charge is 2.34. The van der Waals surface area contributed by atoms with Crippen LogP contribution in [0.25, 0.3) is 0 Å². The molecule has 0 fully saturated rings. The zero-order valence-electron chi connectivity index (χ0n) is 16.8. The minimum absolute atomic E-state index is 0.197. The second-order valence-electron chi connectivity index (χ2n) is 7.99. The van der Waals surface area contributed by atoms with Crippen LogP contribution < -0.4 is 14.8 Å². The lowest BCUT2D eigenvalue weighted by Crippen LogP contribution is -2.41. The Labute approximate surface area is 166 Å². The fourth-order valence-electron chi connectivity index (χ4n) is 3.52. The van der Waals surface area contributed by atoms with Gasteiger partial charge < -0.3 is 10.1 Å². The molecule has 0 bridgehead atoms. The van der Waals surface area contributed by atoms with Crippen LogP contribution in [0.1, 0.15) is 53.4 Å². The molecule has 1 unspecified atom stereocenters. The van der Waals surface area contributed by atoms with E-state index in [-0.39, 0.29) is 11.9 Å². The first kappa shape index (κ1) is 20.2. The Morgan fingerprint density at radius 3 is 2.57 bits per heavy atom. The van der Waals surface area contributed by atoms with Gasteiger partial charge in [-0.15, -0.1) is 0 Å². The minimum atomic E-state index is -3.43. The number of hydrogen-bond acceptors (Lipinski definition) is 4. The summed E-state index contributed by atoms with van der Waals surface area (Å²) in [5, 5.41) is 3.10. The molecule has 2 aromatic carbocycles. The number of sulfonamides is 1. The van der Waals surface area contributed by atoms with Crippen molar-refractivity contribution in [2.24, 2.45) is 0 Å². The van der Waals surface area contributed by atoms with Gasteiger partial charge in [-0.1, -0.05) is 18.2 Å². The number of carbonyl (C=O) groups is 1. The van der Waals surface area contributed by atoms with Crippen LogP contribution in [-0.4, -0.2) is 26.2 Å². The number of anilines is 1. The van der Waals surface area contributed by atoms with Crippen LogP contribution in [0.15, 0.2) is 36.4 Å². The van der Waals surface area contributed by atoms with Gasteiger partial charge in [0.2, 0.25) is 10.0 Å². The molecule has 1 atom stereocenters. The molecule has 7 heteroatoms. The number of rotatable bonds is 4. The number of nitrogens with one attached hydrogen (secondary N) is 2. The number of fused-ring (bicyclic) bond motifs is 1. The topological polar surface area (TPSA) is 84.5 Å². The summed E-state index contributed by atoms with van der Waals surface area (Å²) in [4.78, 5) is 13.0. The first-order valence-corrected chi connectivity index (χ1v) is 11.0. The minimum Gasteiger partial charge on any atom is -0.487 e. The summed E-state index contributed by atoms with van der Waals surface area (Å²) < 4.78 is 31.7. The molecule has 2 N–H and O–H groups in total. The van der Waals surface area contributed by atoms with Crippen molar-refractivity contribution in [2.75, 3.05) is 11.0 Å². The van der Waals surface area contributed by atoms with Crippen molar-refractivity contribution in [2.45, 2.75) is 45.8 Å². The number of benzene rings is 2. The molecule has 2 aromatic rings. The fraction of sp³-hybridized carbons (Fsp3) is 0.381. The molecule has 0 radical (unpaired) electrons. The maximum atomic E-state index is 13.0. The van der Waals surface area contributed by atoms with E-state index in [1.54, 1.807) is 25.1 Å². The molecular weight excluding hydrogens is 376 g/mol. The highest BCUT2D eigenvalue weighted by atomic mass is 32.2. The van der Waals surface area contributed by atoms with Crippen molar-refractivity contribution in [1.82, 2.24) is 5.32 Å². The Balaban J connectivity index is 1.91. The largest absolute Gasteiger partial charge is 0.487 e. The van der Waals surface area contributed by atoms with Gasteiger partial charge in [-0.3, -0.25) is 9.52 Å². The molecule has 1 amide bonds. The van der Waals surface area contributed by atoms with Gasteiger partial charge in [0.25, 0.3) is 5.91 Å². The lowest BCUT2D eigenvalue weighted by Gasteiger charge is -2.38. The van der Waals surface area contributed by atoms with Gasteiger partial charge in [0.1, 0.15) is 11.4 Å². The van der Waals surface area contributed by atoms with Crippen molar-refractivity contribution in [1.29, 1.82) is 0 Å². The van der Waals surface area contributed by atoms with E-state index in [1.165, 1.54) is 0 Å².